The third-order valence-electron chi connectivity index (χ3n) is 10.6. The molecular weight excluding hydrogens is 743 g/mol. The maximum absolute atomic E-state index is 13.7. The first kappa shape index (κ1) is 37.4. The molecule has 0 amide bonds. The quantitative estimate of drug-likeness (QED) is 0.0916. The summed E-state index contributed by atoms with van der Waals surface area (Å²) in [7, 11) is -4.24. The number of hydrogen-bond donors (Lipinski definition) is 2. The maximum atomic E-state index is 13.7. The molecule has 2 N–H and O–H groups in total. The van der Waals surface area contributed by atoms with Crippen LogP contribution in [0.4, 0.5) is 22.9 Å². The molecule has 2 atom stereocenters. The fourth-order valence-corrected chi connectivity index (χ4v) is 10.1. The number of rotatable bonds is 12. The van der Waals surface area contributed by atoms with Crippen LogP contribution in [0.25, 0.3) is 22.0 Å². The first-order valence-electron chi connectivity index (χ1n) is 19.0. The first-order chi connectivity index (χ1) is 27.3. The average molecular weight is 786 g/mol. The minimum absolute atomic E-state index is 0.00295. The molecule has 0 bridgehead atoms. The molecule has 2 aliphatic rings. The molecule has 0 radical (unpaired) electrons. The summed E-state index contributed by atoms with van der Waals surface area (Å²) < 4.78 is 30.0. The Morgan fingerprint density at radius 3 is 2.32 bits per heavy atom. The van der Waals surface area contributed by atoms with Gasteiger partial charge < -0.3 is 10.2 Å². The summed E-state index contributed by atoms with van der Waals surface area (Å²) in [6.07, 6.45) is 5.29. The Balaban J connectivity index is 0.943. The second-order valence-corrected chi connectivity index (χ2v) is 17.3. The Hall–Kier alpha value is -5.50. The molecule has 286 valence electrons. The van der Waals surface area contributed by atoms with Gasteiger partial charge in [-0.1, -0.05) is 85.6 Å². The van der Waals surface area contributed by atoms with Crippen molar-refractivity contribution in [2.75, 3.05) is 41.1 Å². The third-order valence-corrected chi connectivity index (χ3v) is 13.4. The fraction of sp³-hybridized carbons (Fsp3) is 0.256. The summed E-state index contributed by atoms with van der Waals surface area (Å²) in [5, 5.41) is 16.5. The molecular formula is C43H43N7O4S2. The molecule has 2 fully saturated rings. The van der Waals surface area contributed by atoms with Crippen LogP contribution in [-0.2, 0) is 16.6 Å². The van der Waals surface area contributed by atoms with Crippen molar-refractivity contribution in [3.8, 4) is 11.1 Å². The minimum Gasteiger partial charge on any atom is -0.376 e. The predicted octanol–water partition coefficient (Wildman–Crippen LogP) is 8.84. The number of fused-ring (bicyclic) bond motifs is 1. The van der Waals surface area contributed by atoms with Crippen LogP contribution in [0.3, 0.4) is 0 Å². The van der Waals surface area contributed by atoms with Gasteiger partial charge in [0, 0.05) is 66.1 Å². The lowest BCUT2D eigenvalue weighted by atomic mass is 9.94. The van der Waals surface area contributed by atoms with E-state index in [1.54, 1.807) is 11.8 Å². The lowest BCUT2D eigenvalue weighted by Gasteiger charge is -2.36. The van der Waals surface area contributed by atoms with Crippen molar-refractivity contribution < 1.29 is 13.3 Å². The maximum Gasteiger partial charge on any atom is 0.293 e. The van der Waals surface area contributed by atoms with E-state index in [0.717, 1.165) is 75.1 Å². The monoisotopic (exact) mass is 785 g/mol. The Labute approximate surface area is 331 Å². The number of nitro benzene ring substituents is 1. The number of nitro groups is 1. The van der Waals surface area contributed by atoms with Crippen LogP contribution in [0, 0.1) is 10.1 Å². The highest BCUT2D eigenvalue weighted by molar-refractivity contribution is 8.00. The number of nitrogens with one attached hydrogen (secondary N) is 2. The average Bonchev–Trinajstić information content (AvgIpc) is 3.22. The van der Waals surface area contributed by atoms with Crippen molar-refractivity contribution in [2.24, 2.45) is 0 Å². The van der Waals surface area contributed by atoms with Gasteiger partial charge in [-0.3, -0.25) is 19.7 Å². The zero-order chi connectivity index (χ0) is 38.5. The van der Waals surface area contributed by atoms with Crippen LogP contribution in [0.15, 0.2) is 137 Å². The smallest absolute Gasteiger partial charge is 0.293 e. The number of thioether (sulfide) groups is 1. The van der Waals surface area contributed by atoms with Crippen molar-refractivity contribution in [1.29, 1.82) is 0 Å². The standard InChI is InChI=1S/C43H43N7O4S2/c51-50(52)41-28-35(20-22-38(41)46-39-17-9-10-18-42(39)55-34-14-5-2-6-15-34)56(53,54)47-43-37-21-19-33(27-40(37)44-30-45-43)49-25-23-48(24-26-49)29-32-13-7-8-16-36(32)31-11-3-1-4-12-31/h1-8,11-16,19-22,27-28,30,39,42,46H,9-10,17-18,23-26,29H2,(H,44,45,47)/t39-,42+/m0/s1. The number of hydrogen-bond acceptors (Lipinski definition) is 10. The summed E-state index contributed by atoms with van der Waals surface area (Å²) in [5.41, 5.74) is 5.38. The normalized spacial score (nSPS) is 17.8. The van der Waals surface area contributed by atoms with Gasteiger partial charge in [0.25, 0.3) is 15.7 Å². The number of benzene rings is 5. The molecule has 5 aromatic carbocycles. The second-order valence-electron chi connectivity index (χ2n) is 14.3. The zero-order valence-corrected chi connectivity index (χ0v) is 32.5. The molecule has 0 unspecified atom stereocenters. The van der Waals surface area contributed by atoms with E-state index < -0.39 is 14.9 Å². The van der Waals surface area contributed by atoms with Gasteiger partial charge in [-0.2, -0.15) is 0 Å². The van der Waals surface area contributed by atoms with Crippen molar-refractivity contribution >= 4 is 55.6 Å². The number of piperazine rings is 1. The van der Waals surface area contributed by atoms with Crippen LogP contribution in [-0.4, -0.2) is 65.7 Å². The minimum atomic E-state index is -4.24. The third kappa shape index (κ3) is 8.49. The van der Waals surface area contributed by atoms with Crippen molar-refractivity contribution in [1.82, 2.24) is 14.9 Å². The Kier molecular flexibility index (Phi) is 11.2. The molecule has 2 heterocycles. The number of aromatic nitrogens is 2. The van der Waals surface area contributed by atoms with E-state index in [2.05, 4.69) is 90.5 Å². The fourth-order valence-electron chi connectivity index (χ4n) is 7.70. The lowest BCUT2D eigenvalue weighted by molar-refractivity contribution is -0.384. The van der Waals surface area contributed by atoms with E-state index in [1.807, 2.05) is 42.5 Å². The van der Waals surface area contributed by atoms with E-state index in [0.29, 0.717) is 16.6 Å². The van der Waals surface area contributed by atoms with E-state index >= 15 is 0 Å². The van der Waals surface area contributed by atoms with Gasteiger partial charge in [0.15, 0.2) is 5.82 Å². The van der Waals surface area contributed by atoms with Gasteiger partial charge >= 0.3 is 0 Å². The molecule has 1 saturated carbocycles. The van der Waals surface area contributed by atoms with Crippen molar-refractivity contribution in [2.45, 2.75) is 53.3 Å². The molecule has 56 heavy (non-hydrogen) atoms. The highest BCUT2D eigenvalue weighted by atomic mass is 32.2. The van der Waals surface area contributed by atoms with E-state index in [1.165, 1.54) is 35.2 Å². The van der Waals surface area contributed by atoms with Gasteiger partial charge in [0.2, 0.25) is 0 Å². The molecule has 1 saturated heterocycles. The van der Waals surface area contributed by atoms with Gasteiger partial charge in [-0.05, 0) is 72.0 Å². The predicted molar refractivity (Wildman–Crippen MR) is 225 cm³/mol. The van der Waals surface area contributed by atoms with Crippen LogP contribution in [0.2, 0.25) is 0 Å². The van der Waals surface area contributed by atoms with Gasteiger partial charge in [0.05, 0.1) is 15.3 Å². The molecule has 1 aromatic heterocycles. The number of sulfonamides is 1. The molecule has 11 nitrogen and oxygen atoms in total. The summed E-state index contributed by atoms with van der Waals surface area (Å²) in [5.74, 6) is 0.108. The Bertz CT molecular complexity index is 2430. The van der Waals surface area contributed by atoms with Crippen molar-refractivity contribution in [3.05, 3.63) is 143 Å². The zero-order valence-electron chi connectivity index (χ0n) is 30.8. The highest BCUT2D eigenvalue weighted by Crippen LogP contribution is 2.38. The van der Waals surface area contributed by atoms with Crippen LogP contribution >= 0.6 is 11.8 Å². The Morgan fingerprint density at radius 1 is 0.804 bits per heavy atom. The number of nitrogens with zero attached hydrogens (tertiary/aromatic N) is 5. The summed E-state index contributed by atoms with van der Waals surface area (Å²) in [6.45, 7) is 4.32. The molecule has 1 aliphatic heterocycles. The first-order valence-corrected chi connectivity index (χ1v) is 21.3. The van der Waals surface area contributed by atoms with Crippen molar-refractivity contribution in [3.63, 3.8) is 0 Å². The highest BCUT2D eigenvalue weighted by Gasteiger charge is 2.30. The van der Waals surface area contributed by atoms with Crippen LogP contribution < -0.4 is 14.9 Å². The SMILES string of the molecule is O=[N+]([O-])c1cc(S(=O)(=O)Nc2ncnc3cc(N4CCN(Cc5ccccc5-c5ccccc5)CC4)ccc23)ccc1N[C@H]1CCCC[C@H]1Sc1ccccc1. The Morgan fingerprint density at radius 2 is 1.54 bits per heavy atom. The number of anilines is 3. The van der Waals surface area contributed by atoms with E-state index in [9.17, 15) is 18.5 Å². The molecule has 6 aromatic rings. The topological polar surface area (TPSA) is 134 Å². The molecule has 8 rings (SSSR count). The van der Waals surface area contributed by atoms with E-state index in [4.69, 9.17) is 0 Å². The summed E-state index contributed by atoms with van der Waals surface area (Å²) in [4.78, 5) is 26.2. The molecule has 13 heteroatoms. The molecule has 1 aliphatic carbocycles. The van der Waals surface area contributed by atoms with Gasteiger partial charge in [0.1, 0.15) is 12.0 Å². The second kappa shape index (κ2) is 16.7. The lowest BCUT2D eigenvalue weighted by Crippen LogP contribution is -2.46. The van der Waals surface area contributed by atoms with Crippen LogP contribution in [0.1, 0.15) is 31.2 Å². The summed E-state index contributed by atoms with van der Waals surface area (Å²) >= 11 is 1.77. The van der Waals surface area contributed by atoms with Gasteiger partial charge in [-0.25, -0.2) is 18.4 Å². The largest absolute Gasteiger partial charge is 0.376 e. The van der Waals surface area contributed by atoms with E-state index in [-0.39, 0.29) is 27.7 Å². The van der Waals surface area contributed by atoms with Gasteiger partial charge in [-0.15, -0.1) is 11.8 Å². The summed E-state index contributed by atoms with van der Waals surface area (Å²) in [6, 6.07) is 38.9. The van der Waals surface area contributed by atoms with Crippen LogP contribution in [0.5, 0.6) is 0 Å². The molecule has 0 spiro atoms.